The van der Waals surface area contributed by atoms with Gasteiger partial charge in [-0.2, -0.15) is 0 Å². The van der Waals surface area contributed by atoms with Crippen molar-refractivity contribution in [2.75, 3.05) is 20.1 Å². The van der Waals surface area contributed by atoms with E-state index in [1.54, 1.807) is 0 Å². The van der Waals surface area contributed by atoms with Crippen molar-refractivity contribution in [3.63, 3.8) is 0 Å². The van der Waals surface area contributed by atoms with Crippen molar-refractivity contribution in [3.05, 3.63) is 88.7 Å². The molecule has 0 aliphatic carbocycles. The van der Waals surface area contributed by atoms with Crippen LogP contribution in [0.5, 0.6) is 0 Å². The van der Waals surface area contributed by atoms with E-state index in [1.807, 2.05) is 12.4 Å². The zero-order valence-electron chi connectivity index (χ0n) is 26.7. The fourth-order valence-corrected chi connectivity index (χ4v) is 7.63. The van der Waals surface area contributed by atoms with E-state index in [0.717, 1.165) is 37.0 Å². The Morgan fingerprint density at radius 2 is 1.58 bits per heavy atom. The molecule has 0 atom stereocenters. The second-order valence-electron chi connectivity index (χ2n) is 13.8. The highest BCUT2D eigenvalue weighted by Gasteiger charge is 2.46. The topological polar surface area (TPSA) is 52.2 Å². The summed E-state index contributed by atoms with van der Waals surface area (Å²) in [5.41, 5.74) is 9.45. The first kappa shape index (κ1) is 29.6. The molecule has 4 aromatic rings. The lowest BCUT2D eigenvalue weighted by Gasteiger charge is -2.33. The zero-order valence-corrected chi connectivity index (χ0v) is 26.7. The molecule has 226 valence electrons. The number of hydrogen-bond donors (Lipinski definition) is 1. The number of nitrogens with zero attached hydrogens (tertiary/aromatic N) is 3. The maximum absolute atomic E-state index is 14.0. The normalized spacial score (nSPS) is 18.3. The summed E-state index contributed by atoms with van der Waals surface area (Å²) in [5.74, 6) is 0.301. The van der Waals surface area contributed by atoms with Gasteiger partial charge in [0.15, 0.2) is 0 Å². The number of aromatic nitrogens is 2. The van der Waals surface area contributed by atoms with E-state index in [4.69, 9.17) is 0 Å². The van der Waals surface area contributed by atoms with Crippen LogP contribution >= 0.6 is 0 Å². The molecule has 1 amide bonds. The van der Waals surface area contributed by atoms with Gasteiger partial charge in [-0.15, -0.1) is 0 Å². The van der Waals surface area contributed by atoms with E-state index in [2.05, 4.69) is 103 Å². The Morgan fingerprint density at radius 3 is 2.26 bits per heavy atom. The minimum absolute atomic E-state index is 0.301. The Balaban J connectivity index is 1.25. The van der Waals surface area contributed by atoms with Gasteiger partial charge < -0.3 is 14.8 Å². The molecule has 5 heteroatoms. The van der Waals surface area contributed by atoms with Crippen molar-refractivity contribution in [1.29, 1.82) is 0 Å². The summed E-state index contributed by atoms with van der Waals surface area (Å²) >= 11 is 0. The molecule has 0 spiro atoms. The van der Waals surface area contributed by atoms with E-state index < -0.39 is 5.41 Å². The van der Waals surface area contributed by atoms with E-state index in [-0.39, 0.29) is 0 Å². The Kier molecular flexibility index (Phi) is 8.46. The SMILES string of the molecule is Cc1cc(C)cc(-c2[nH]c3ccc(C(C)(C)C(=O)N4C5CCC4CC5)cc3c2CCN(C)CCCCc2ccncc2)c1. The first-order valence-corrected chi connectivity index (χ1v) is 16.3. The van der Waals surface area contributed by atoms with Crippen LogP contribution in [0, 0.1) is 13.8 Å². The van der Waals surface area contributed by atoms with Crippen LogP contribution in [0.2, 0.25) is 0 Å². The lowest BCUT2D eigenvalue weighted by atomic mass is 9.82. The molecule has 2 aliphatic heterocycles. The smallest absolute Gasteiger partial charge is 0.233 e. The Morgan fingerprint density at radius 1 is 0.907 bits per heavy atom. The predicted molar refractivity (Wildman–Crippen MR) is 178 cm³/mol. The lowest BCUT2D eigenvalue weighted by molar-refractivity contribution is -0.137. The number of likely N-dealkylation sites (N-methyl/N-ethyl adjacent to an activating group) is 1. The van der Waals surface area contributed by atoms with E-state index in [9.17, 15) is 4.79 Å². The van der Waals surface area contributed by atoms with Crippen LogP contribution in [-0.2, 0) is 23.1 Å². The highest BCUT2D eigenvalue weighted by atomic mass is 16.2. The quantitative estimate of drug-likeness (QED) is 0.186. The van der Waals surface area contributed by atoms with Gasteiger partial charge in [-0.25, -0.2) is 0 Å². The lowest BCUT2D eigenvalue weighted by Crippen LogP contribution is -2.45. The van der Waals surface area contributed by atoms with Crippen molar-refractivity contribution in [2.45, 2.75) is 96.6 Å². The van der Waals surface area contributed by atoms with E-state index >= 15 is 0 Å². The number of pyridine rings is 1. The number of carbonyl (C=O) groups excluding carboxylic acids is 1. The molecular formula is C38H48N4O. The van der Waals surface area contributed by atoms with Crippen molar-refractivity contribution in [2.24, 2.45) is 0 Å². The Hall–Kier alpha value is -3.44. The molecule has 1 N–H and O–H groups in total. The van der Waals surface area contributed by atoms with Gasteiger partial charge >= 0.3 is 0 Å². The highest BCUT2D eigenvalue weighted by molar-refractivity contribution is 5.94. The summed E-state index contributed by atoms with van der Waals surface area (Å²) in [4.78, 5) is 26.6. The molecule has 43 heavy (non-hydrogen) atoms. The van der Waals surface area contributed by atoms with Crippen LogP contribution in [0.25, 0.3) is 22.2 Å². The zero-order chi connectivity index (χ0) is 30.1. The number of nitrogens with one attached hydrogen (secondary N) is 1. The van der Waals surface area contributed by atoms with Crippen LogP contribution in [0.15, 0.2) is 60.9 Å². The van der Waals surface area contributed by atoms with Crippen LogP contribution < -0.4 is 0 Å². The largest absolute Gasteiger partial charge is 0.354 e. The molecule has 2 aliphatic rings. The van der Waals surface area contributed by atoms with Crippen molar-refractivity contribution in [1.82, 2.24) is 19.8 Å². The highest BCUT2D eigenvalue weighted by Crippen LogP contribution is 2.42. The van der Waals surface area contributed by atoms with Crippen LogP contribution in [0.1, 0.15) is 80.2 Å². The molecule has 0 saturated carbocycles. The number of benzene rings is 2. The number of fused-ring (bicyclic) bond motifs is 3. The third-order valence-corrected chi connectivity index (χ3v) is 10.1. The second-order valence-corrected chi connectivity index (χ2v) is 13.8. The summed E-state index contributed by atoms with van der Waals surface area (Å²) in [7, 11) is 2.25. The molecule has 2 fully saturated rings. The fourth-order valence-electron chi connectivity index (χ4n) is 7.63. The summed E-state index contributed by atoms with van der Waals surface area (Å²) in [6.07, 6.45) is 12.9. The summed E-state index contributed by atoms with van der Waals surface area (Å²) < 4.78 is 0. The minimum atomic E-state index is -0.556. The van der Waals surface area contributed by atoms with Crippen LogP contribution in [0.4, 0.5) is 0 Å². The maximum Gasteiger partial charge on any atom is 0.233 e. The summed E-state index contributed by atoms with van der Waals surface area (Å²) in [5, 5.41) is 1.25. The maximum atomic E-state index is 14.0. The number of carbonyl (C=O) groups is 1. The van der Waals surface area contributed by atoms with Gasteiger partial charge in [-0.3, -0.25) is 9.78 Å². The first-order chi connectivity index (χ1) is 20.7. The van der Waals surface area contributed by atoms with Gasteiger partial charge in [0.1, 0.15) is 0 Å². The van der Waals surface area contributed by atoms with Gasteiger partial charge in [-0.1, -0.05) is 23.3 Å². The first-order valence-electron chi connectivity index (χ1n) is 16.3. The number of aromatic amines is 1. The second kappa shape index (κ2) is 12.3. The number of aryl methyl sites for hydroxylation is 3. The molecule has 0 unspecified atom stereocenters. The standard InChI is InChI=1S/C38H48N4O/c1-26-22-27(2)24-29(23-26)36-33(17-21-41(5)20-7-6-8-28-15-18-39-19-16-28)34-25-30(9-14-35(34)40-36)38(3,4)37(43)42-31-10-11-32(42)13-12-31/h9,14-16,18-19,22-25,31-32,40H,6-8,10-13,17,20-21H2,1-5H3. The third kappa shape index (κ3) is 6.15. The van der Waals surface area contributed by atoms with Gasteiger partial charge in [-0.05, 0) is 151 Å². The number of rotatable bonds is 11. The van der Waals surface area contributed by atoms with E-state index in [1.165, 1.54) is 77.4 Å². The molecular weight excluding hydrogens is 528 g/mol. The van der Waals surface area contributed by atoms with Gasteiger partial charge in [0.25, 0.3) is 0 Å². The molecule has 2 aromatic heterocycles. The average Bonchev–Trinajstić information content (AvgIpc) is 3.70. The van der Waals surface area contributed by atoms with Crippen LogP contribution in [0.3, 0.4) is 0 Å². The predicted octanol–water partition coefficient (Wildman–Crippen LogP) is 7.77. The van der Waals surface area contributed by atoms with Crippen LogP contribution in [-0.4, -0.2) is 57.9 Å². The average molecular weight is 577 g/mol. The van der Waals surface area contributed by atoms with Gasteiger partial charge in [0.2, 0.25) is 5.91 Å². The monoisotopic (exact) mass is 576 g/mol. The molecule has 5 nitrogen and oxygen atoms in total. The molecule has 4 heterocycles. The molecule has 2 bridgehead atoms. The number of H-pyrrole nitrogens is 1. The van der Waals surface area contributed by atoms with Crippen molar-refractivity contribution >= 4 is 16.8 Å². The van der Waals surface area contributed by atoms with E-state index in [0.29, 0.717) is 18.0 Å². The Labute approximate surface area is 257 Å². The summed E-state index contributed by atoms with van der Waals surface area (Å²) in [6.45, 7) is 10.7. The molecule has 2 aromatic carbocycles. The minimum Gasteiger partial charge on any atom is -0.354 e. The Bertz CT molecular complexity index is 1550. The van der Waals surface area contributed by atoms with Crippen molar-refractivity contribution in [3.8, 4) is 11.3 Å². The van der Waals surface area contributed by atoms with Crippen molar-refractivity contribution < 1.29 is 4.79 Å². The fraction of sp³-hybridized carbons (Fsp3) is 0.474. The third-order valence-electron chi connectivity index (χ3n) is 10.1. The number of amides is 1. The van der Waals surface area contributed by atoms with Gasteiger partial charge in [0, 0.05) is 47.6 Å². The number of hydrogen-bond acceptors (Lipinski definition) is 3. The molecule has 0 radical (unpaired) electrons. The molecule has 6 rings (SSSR count). The molecule has 2 saturated heterocycles. The van der Waals surface area contributed by atoms with Gasteiger partial charge in [0.05, 0.1) is 5.41 Å². The number of unbranched alkanes of at least 4 members (excludes halogenated alkanes) is 1. The summed E-state index contributed by atoms with van der Waals surface area (Å²) in [6, 6.07) is 18.7.